The first-order chi connectivity index (χ1) is 13.0. The van der Waals surface area contributed by atoms with Crippen LogP contribution < -0.4 is 0 Å². The minimum atomic E-state index is -0.855. The van der Waals surface area contributed by atoms with Crippen LogP contribution in [0.3, 0.4) is 0 Å². The van der Waals surface area contributed by atoms with E-state index < -0.39 is 23.3 Å². The zero-order chi connectivity index (χ0) is 19.1. The van der Waals surface area contributed by atoms with Crippen LogP contribution in [0.15, 0.2) is 42.5 Å². The van der Waals surface area contributed by atoms with Crippen molar-refractivity contribution in [1.29, 1.82) is 0 Å². The third-order valence-electron chi connectivity index (χ3n) is 6.34. The fraction of sp³-hybridized carbons (Fsp3) is 0.391. The molecule has 0 aromatic heterocycles. The third kappa shape index (κ3) is 3.19. The van der Waals surface area contributed by atoms with Crippen LogP contribution in [0.4, 0.5) is 17.6 Å². The van der Waals surface area contributed by atoms with Crippen molar-refractivity contribution in [2.75, 3.05) is 0 Å². The Kier molecular flexibility index (Phi) is 4.83. The molecule has 2 aliphatic carbocycles. The van der Waals surface area contributed by atoms with Crippen LogP contribution in [-0.2, 0) is 6.42 Å². The van der Waals surface area contributed by atoms with E-state index in [1.165, 1.54) is 18.2 Å². The second-order valence-electron chi connectivity index (χ2n) is 7.73. The lowest BCUT2D eigenvalue weighted by molar-refractivity contribution is 0.193. The highest BCUT2D eigenvalue weighted by molar-refractivity contribution is 5.38. The number of benzene rings is 2. The largest absolute Gasteiger partial charge is 0.207 e. The Balaban J connectivity index is 1.79. The van der Waals surface area contributed by atoms with Crippen LogP contribution >= 0.6 is 0 Å². The molecule has 27 heavy (non-hydrogen) atoms. The number of hydrogen-bond acceptors (Lipinski definition) is 0. The molecule has 0 aliphatic heterocycles. The molecule has 0 heterocycles. The summed E-state index contributed by atoms with van der Waals surface area (Å²) in [5, 5.41) is 0. The Morgan fingerprint density at radius 3 is 2.44 bits per heavy atom. The lowest BCUT2D eigenvalue weighted by Crippen LogP contribution is -2.35. The maximum Gasteiger partial charge on any atom is 0.159 e. The van der Waals surface area contributed by atoms with Crippen molar-refractivity contribution in [1.82, 2.24) is 0 Å². The van der Waals surface area contributed by atoms with Gasteiger partial charge in [0.25, 0.3) is 0 Å². The molecular formula is C23H22F4. The molecular weight excluding hydrogens is 352 g/mol. The van der Waals surface area contributed by atoms with E-state index in [0.29, 0.717) is 12.0 Å². The highest BCUT2D eigenvalue weighted by Crippen LogP contribution is 2.54. The van der Waals surface area contributed by atoms with Crippen molar-refractivity contribution in [2.24, 2.45) is 11.8 Å². The molecule has 0 spiro atoms. The van der Waals surface area contributed by atoms with Crippen LogP contribution in [0.2, 0.25) is 0 Å². The van der Waals surface area contributed by atoms with Gasteiger partial charge in [-0.05, 0) is 91.2 Å². The summed E-state index contributed by atoms with van der Waals surface area (Å²) < 4.78 is 55.5. The molecule has 0 radical (unpaired) electrons. The van der Waals surface area contributed by atoms with E-state index in [1.807, 2.05) is 13.0 Å². The molecule has 1 fully saturated rings. The quantitative estimate of drug-likeness (QED) is 0.407. The summed E-state index contributed by atoms with van der Waals surface area (Å²) in [6.07, 6.45) is 7.13. The van der Waals surface area contributed by atoms with Crippen LogP contribution in [-0.4, -0.2) is 0 Å². The smallest absolute Gasteiger partial charge is 0.159 e. The van der Waals surface area contributed by atoms with Gasteiger partial charge in [-0.15, -0.1) is 0 Å². The minimum Gasteiger partial charge on any atom is -0.207 e. The van der Waals surface area contributed by atoms with Gasteiger partial charge in [-0.1, -0.05) is 18.2 Å². The van der Waals surface area contributed by atoms with Gasteiger partial charge < -0.3 is 0 Å². The Morgan fingerprint density at radius 1 is 0.889 bits per heavy atom. The summed E-state index contributed by atoms with van der Waals surface area (Å²) >= 11 is 0. The molecule has 0 amide bonds. The molecule has 2 aliphatic rings. The molecule has 2 aromatic rings. The Bertz CT molecular complexity index is 886. The van der Waals surface area contributed by atoms with E-state index in [2.05, 4.69) is 6.08 Å². The lowest BCUT2D eigenvalue weighted by Gasteiger charge is -2.46. The number of hydrogen-bond donors (Lipinski definition) is 0. The van der Waals surface area contributed by atoms with Crippen molar-refractivity contribution in [3.8, 4) is 0 Å². The Labute approximate surface area is 156 Å². The highest BCUT2D eigenvalue weighted by Gasteiger charge is 2.43. The van der Waals surface area contributed by atoms with E-state index in [0.717, 1.165) is 36.5 Å². The van der Waals surface area contributed by atoms with Gasteiger partial charge in [-0.3, -0.25) is 0 Å². The van der Waals surface area contributed by atoms with Crippen molar-refractivity contribution < 1.29 is 17.6 Å². The van der Waals surface area contributed by atoms with Crippen LogP contribution in [0.1, 0.15) is 54.7 Å². The monoisotopic (exact) mass is 374 g/mol. The molecule has 4 atom stereocenters. The van der Waals surface area contributed by atoms with Crippen LogP contribution in [0, 0.1) is 35.1 Å². The maximum atomic E-state index is 14.3. The molecule has 0 nitrogen and oxygen atoms in total. The first kappa shape index (κ1) is 18.3. The number of halogens is 4. The topological polar surface area (TPSA) is 0 Å². The summed E-state index contributed by atoms with van der Waals surface area (Å²) in [6.45, 7) is 1.95. The molecule has 0 bridgehead atoms. The predicted molar refractivity (Wildman–Crippen MR) is 97.5 cm³/mol. The molecule has 2 aromatic carbocycles. The van der Waals surface area contributed by atoms with Crippen molar-refractivity contribution in [2.45, 2.75) is 44.4 Å². The predicted octanol–water partition coefficient (Wildman–Crippen LogP) is 6.66. The fourth-order valence-electron chi connectivity index (χ4n) is 5.31. The second kappa shape index (κ2) is 7.14. The molecule has 1 saturated carbocycles. The summed E-state index contributed by atoms with van der Waals surface area (Å²) in [6, 6.07) is 6.55. The molecule has 0 unspecified atom stereocenters. The van der Waals surface area contributed by atoms with Gasteiger partial charge >= 0.3 is 0 Å². The number of rotatable bonds is 2. The van der Waals surface area contributed by atoms with Crippen LogP contribution in [0.5, 0.6) is 0 Å². The normalized spacial score (nSPS) is 27.4. The van der Waals surface area contributed by atoms with Gasteiger partial charge in [0.05, 0.1) is 0 Å². The van der Waals surface area contributed by atoms with E-state index in [4.69, 9.17) is 0 Å². The fourth-order valence-corrected chi connectivity index (χ4v) is 5.31. The van der Waals surface area contributed by atoms with E-state index in [9.17, 15) is 17.6 Å². The standard InChI is InChI=1S/C23H22F4/c1-2-3-13-4-6-16-18(23(13)14-5-9-20(25)22(27)10-14)8-7-17-19(16)11-15(24)12-21(17)26/h2-3,5,9-13,16,18,23H,4,6-8H2,1H3/t13-,16-,18+,23-/m1/s1. The molecule has 142 valence electrons. The summed E-state index contributed by atoms with van der Waals surface area (Å²) in [4.78, 5) is 0. The van der Waals surface area contributed by atoms with Gasteiger partial charge in [0, 0.05) is 6.07 Å². The first-order valence-corrected chi connectivity index (χ1v) is 9.55. The average Bonchev–Trinajstić information content (AvgIpc) is 2.64. The molecule has 4 heteroatoms. The molecule has 4 rings (SSSR count). The van der Waals surface area contributed by atoms with Crippen LogP contribution in [0.25, 0.3) is 0 Å². The van der Waals surface area contributed by atoms with E-state index >= 15 is 0 Å². The Morgan fingerprint density at radius 2 is 1.70 bits per heavy atom. The number of allylic oxidation sites excluding steroid dienone is 2. The van der Waals surface area contributed by atoms with Gasteiger partial charge in [0.2, 0.25) is 0 Å². The third-order valence-corrected chi connectivity index (χ3v) is 6.34. The summed E-state index contributed by atoms with van der Waals surface area (Å²) in [7, 11) is 0. The van der Waals surface area contributed by atoms with Gasteiger partial charge in [0.15, 0.2) is 11.6 Å². The summed E-state index contributed by atoms with van der Waals surface area (Å²) in [5.41, 5.74) is 2.15. The molecule has 0 N–H and O–H groups in total. The van der Waals surface area contributed by atoms with Gasteiger partial charge in [-0.25, -0.2) is 17.6 Å². The average molecular weight is 374 g/mol. The highest BCUT2D eigenvalue weighted by atomic mass is 19.2. The van der Waals surface area contributed by atoms with Crippen molar-refractivity contribution in [3.63, 3.8) is 0 Å². The Hall–Kier alpha value is -2.10. The van der Waals surface area contributed by atoms with Gasteiger partial charge in [-0.2, -0.15) is 0 Å². The number of fused-ring (bicyclic) bond motifs is 3. The van der Waals surface area contributed by atoms with Crippen molar-refractivity contribution in [3.05, 3.63) is 82.4 Å². The van der Waals surface area contributed by atoms with Crippen molar-refractivity contribution >= 4 is 0 Å². The second-order valence-corrected chi connectivity index (χ2v) is 7.73. The summed E-state index contributed by atoms with van der Waals surface area (Å²) in [5.74, 6) is -2.31. The SMILES string of the molecule is CC=C[C@@H]1CC[C@H]2c3cc(F)cc(F)c3CC[C@@H]2[C@H]1c1ccc(F)c(F)c1. The van der Waals surface area contributed by atoms with Gasteiger partial charge in [0.1, 0.15) is 11.6 Å². The van der Waals surface area contributed by atoms with E-state index in [-0.39, 0.29) is 23.7 Å². The minimum absolute atomic E-state index is 0.00882. The first-order valence-electron chi connectivity index (χ1n) is 9.55. The van der Waals surface area contributed by atoms with E-state index in [1.54, 1.807) is 6.07 Å². The zero-order valence-electron chi connectivity index (χ0n) is 15.2. The molecule has 0 saturated heterocycles. The lowest BCUT2D eigenvalue weighted by atomic mass is 9.58. The zero-order valence-corrected chi connectivity index (χ0v) is 15.2. The maximum absolute atomic E-state index is 14.3.